The molecule has 2 radical (unpaired) electrons. The third kappa shape index (κ3) is 6.66. The molecule has 0 N–H and O–H groups in total. The maximum absolute atomic E-state index is 2.60. The van der Waals surface area contributed by atoms with Gasteiger partial charge in [0.1, 0.15) is 0 Å². The molecule has 0 nitrogen and oxygen atoms in total. The SMILES string of the molecule is CCCc1ccccc1-c1cccc2c1C=C(C(C)CC)C2C[Si]CC1C(C(C)CC)=Cc2c(-c3ccccc3CCC)cccc21. The monoisotopic (exact) mass is 634 g/mol. The van der Waals surface area contributed by atoms with Crippen molar-refractivity contribution >= 4 is 21.7 Å². The van der Waals surface area contributed by atoms with Crippen LogP contribution in [0.2, 0.25) is 12.1 Å². The van der Waals surface area contributed by atoms with Crippen molar-refractivity contribution in [3.63, 3.8) is 0 Å². The van der Waals surface area contributed by atoms with E-state index >= 15 is 0 Å². The summed E-state index contributed by atoms with van der Waals surface area (Å²) in [4.78, 5) is 0. The van der Waals surface area contributed by atoms with Gasteiger partial charge in [0.2, 0.25) is 0 Å². The van der Waals surface area contributed by atoms with Crippen LogP contribution in [0, 0.1) is 11.8 Å². The normalized spacial score (nSPS) is 18.0. The highest BCUT2D eigenvalue weighted by molar-refractivity contribution is 6.36. The summed E-state index contributed by atoms with van der Waals surface area (Å²) < 4.78 is 0. The van der Waals surface area contributed by atoms with Gasteiger partial charge in [0.25, 0.3) is 0 Å². The lowest BCUT2D eigenvalue weighted by atomic mass is 9.87. The lowest BCUT2D eigenvalue weighted by Crippen LogP contribution is -2.12. The standard InChI is InChI=1S/C46H54Si/c1-7-17-33-19-11-13-21-35(33)37-23-15-25-39-43(37)27-41(31(5)9-3)45(39)29-47-30-46-40-26-16-24-38(44(40)28-42(46)32(6)10-4)36-22-14-12-20-34(36)18-8-2/h11-16,19-28,31-32,45-46H,7-10,17-18,29-30H2,1-6H3. The summed E-state index contributed by atoms with van der Waals surface area (Å²) in [7, 11) is 0.925. The zero-order chi connectivity index (χ0) is 32.9. The predicted octanol–water partition coefficient (Wildman–Crippen LogP) is 13.2. The van der Waals surface area contributed by atoms with E-state index in [2.05, 4.69) is 139 Å². The van der Waals surface area contributed by atoms with E-state index in [-0.39, 0.29) is 0 Å². The highest BCUT2D eigenvalue weighted by Gasteiger charge is 2.33. The lowest BCUT2D eigenvalue weighted by molar-refractivity contribution is 0.609. The Morgan fingerprint density at radius 1 is 0.511 bits per heavy atom. The smallest absolute Gasteiger partial charge is 0.0397 e. The first kappa shape index (κ1) is 33.5. The molecule has 0 heterocycles. The zero-order valence-electron chi connectivity index (χ0n) is 29.7. The molecular weight excluding hydrogens is 581 g/mol. The summed E-state index contributed by atoms with van der Waals surface area (Å²) >= 11 is 0. The molecule has 47 heavy (non-hydrogen) atoms. The van der Waals surface area contributed by atoms with Crippen molar-refractivity contribution in [1.82, 2.24) is 0 Å². The Labute approximate surface area is 288 Å². The lowest BCUT2D eigenvalue weighted by Gasteiger charge is -2.24. The number of aryl methyl sites for hydroxylation is 2. The van der Waals surface area contributed by atoms with Crippen molar-refractivity contribution < 1.29 is 0 Å². The molecule has 0 saturated heterocycles. The quantitative estimate of drug-likeness (QED) is 0.121. The number of fused-ring (bicyclic) bond motifs is 2. The summed E-state index contributed by atoms with van der Waals surface area (Å²) in [5.41, 5.74) is 18.1. The second kappa shape index (κ2) is 15.2. The van der Waals surface area contributed by atoms with E-state index in [1.807, 2.05) is 0 Å². The first-order chi connectivity index (χ1) is 23.0. The molecule has 4 aromatic carbocycles. The third-order valence-corrected chi connectivity index (χ3v) is 12.6. The fourth-order valence-corrected chi connectivity index (χ4v) is 9.93. The van der Waals surface area contributed by atoms with Crippen LogP contribution in [0.25, 0.3) is 34.4 Å². The van der Waals surface area contributed by atoms with Crippen LogP contribution in [0.1, 0.15) is 112 Å². The minimum Gasteiger partial charge on any atom is -0.0651 e. The molecule has 0 aliphatic heterocycles. The van der Waals surface area contributed by atoms with E-state index in [1.165, 1.54) is 82.3 Å². The number of rotatable bonds is 14. The van der Waals surface area contributed by atoms with Gasteiger partial charge in [0.05, 0.1) is 0 Å². The molecule has 0 saturated carbocycles. The highest BCUT2D eigenvalue weighted by atomic mass is 28.2. The van der Waals surface area contributed by atoms with E-state index in [9.17, 15) is 0 Å². The van der Waals surface area contributed by atoms with E-state index in [0.717, 1.165) is 22.4 Å². The molecule has 4 atom stereocenters. The first-order valence-corrected chi connectivity index (χ1v) is 20.0. The highest BCUT2D eigenvalue weighted by Crippen LogP contribution is 2.49. The molecule has 0 aromatic heterocycles. The van der Waals surface area contributed by atoms with Crippen LogP contribution in [-0.2, 0) is 12.8 Å². The van der Waals surface area contributed by atoms with E-state index in [0.29, 0.717) is 23.7 Å². The third-order valence-electron chi connectivity index (χ3n) is 11.2. The molecule has 4 unspecified atom stereocenters. The average Bonchev–Trinajstić information content (AvgIpc) is 3.67. The summed E-state index contributed by atoms with van der Waals surface area (Å²) in [5.74, 6) is 2.26. The Bertz CT molecular complexity index is 1620. The van der Waals surface area contributed by atoms with Crippen molar-refractivity contribution in [2.75, 3.05) is 0 Å². The van der Waals surface area contributed by atoms with Crippen molar-refractivity contribution in [2.24, 2.45) is 11.8 Å². The first-order valence-electron chi connectivity index (χ1n) is 18.6. The average molecular weight is 635 g/mol. The van der Waals surface area contributed by atoms with Crippen LogP contribution >= 0.6 is 0 Å². The van der Waals surface area contributed by atoms with Gasteiger partial charge in [-0.25, -0.2) is 0 Å². The Morgan fingerprint density at radius 2 is 0.915 bits per heavy atom. The van der Waals surface area contributed by atoms with Gasteiger partial charge in [-0.15, -0.1) is 0 Å². The molecule has 2 aliphatic rings. The predicted molar refractivity (Wildman–Crippen MR) is 207 cm³/mol. The van der Waals surface area contributed by atoms with Crippen LogP contribution < -0.4 is 0 Å². The summed E-state index contributed by atoms with van der Waals surface area (Å²) in [5, 5.41) is 0. The number of hydrogen-bond donors (Lipinski definition) is 0. The van der Waals surface area contributed by atoms with Gasteiger partial charge in [-0.3, -0.25) is 0 Å². The number of allylic oxidation sites excluding steroid dienone is 2. The molecule has 6 rings (SSSR count). The van der Waals surface area contributed by atoms with E-state index < -0.39 is 0 Å². The van der Waals surface area contributed by atoms with Crippen LogP contribution in [0.4, 0.5) is 0 Å². The summed E-state index contributed by atoms with van der Waals surface area (Å²) in [6.07, 6.45) is 12.2. The Kier molecular flexibility index (Phi) is 10.8. The Morgan fingerprint density at radius 3 is 1.32 bits per heavy atom. The minimum atomic E-state index is 0.528. The second-order valence-electron chi connectivity index (χ2n) is 14.1. The van der Waals surface area contributed by atoms with Gasteiger partial charge in [0.15, 0.2) is 0 Å². The van der Waals surface area contributed by atoms with Crippen molar-refractivity contribution in [3.8, 4) is 22.3 Å². The fraction of sp³-hybridized carbons (Fsp3) is 0.391. The second-order valence-corrected chi connectivity index (χ2v) is 15.4. The minimum absolute atomic E-state index is 0.528. The molecule has 0 amide bonds. The molecule has 4 aromatic rings. The van der Waals surface area contributed by atoms with Crippen LogP contribution in [0.15, 0.2) is 96.1 Å². The molecular formula is C46H54Si. The maximum atomic E-state index is 2.60. The van der Waals surface area contributed by atoms with Gasteiger partial charge in [-0.05, 0) is 93.2 Å². The van der Waals surface area contributed by atoms with Crippen molar-refractivity contribution in [1.29, 1.82) is 0 Å². The van der Waals surface area contributed by atoms with Crippen LogP contribution in [0.3, 0.4) is 0 Å². The van der Waals surface area contributed by atoms with Gasteiger partial charge < -0.3 is 0 Å². The number of benzene rings is 4. The van der Waals surface area contributed by atoms with Crippen LogP contribution in [0.5, 0.6) is 0 Å². The van der Waals surface area contributed by atoms with E-state index in [4.69, 9.17) is 0 Å². The van der Waals surface area contributed by atoms with Gasteiger partial charge in [-0.1, -0.05) is 175 Å². The maximum Gasteiger partial charge on any atom is 0.0397 e. The summed E-state index contributed by atoms with van der Waals surface area (Å²) in [6, 6.07) is 35.0. The fourth-order valence-electron chi connectivity index (χ4n) is 8.27. The van der Waals surface area contributed by atoms with E-state index in [1.54, 1.807) is 22.3 Å². The molecule has 0 bridgehead atoms. The molecule has 2 aliphatic carbocycles. The molecule has 0 fully saturated rings. The Hall–Kier alpha value is -3.42. The molecule has 0 spiro atoms. The zero-order valence-corrected chi connectivity index (χ0v) is 30.7. The van der Waals surface area contributed by atoms with Crippen molar-refractivity contribution in [3.05, 3.63) is 129 Å². The van der Waals surface area contributed by atoms with Crippen LogP contribution in [-0.4, -0.2) is 9.52 Å². The molecule has 242 valence electrons. The van der Waals surface area contributed by atoms with Gasteiger partial charge >= 0.3 is 0 Å². The van der Waals surface area contributed by atoms with Crippen molar-refractivity contribution in [2.45, 2.75) is 104 Å². The summed E-state index contributed by atoms with van der Waals surface area (Å²) in [6.45, 7) is 14.2. The van der Waals surface area contributed by atoms with Gasteiger partial charge in [0, 0.05) is 21.4 Å². The Balaban J connectivity index is 1.30. The van der Waals surface area contributed by atoms with Gasteiger partial charge in [-0.2, -0.15) is 0 Å². The molecule has 1 heteroatoms. The largest absolute Gasteiger partial charge is 0.0651 e. The topological polar surface area (TPSA) is 0 Å². The number of hydrogen-bond acceptors (Lipinski definition) is 0.